The lowest BCUT2D eigenvalue weighted by Crippen LogP contribution is -2.28. The zero-order valence-electron chi connectivity index (χ0n) is 17.0. The molecule has 8 heteroatoms. The zero-order valence-corrected chi connectivity index (χ0v) is 18.6. The molecule has 1 aromatic rings. The molecule has 0 saturated carbocycles. The number of aromatic nitrogens is 4. The van der Waals surface area contributed by atoms with E-state index in [0.717, 1.165) is 33.2 Å². The van der Waals surface area contributed by atoms with Crippen LogP contribution in [0.15, 0.2) is 28.7 Å². The first-order valence-electron chi connectivity index (χ1n) is 9.58. The van der Waals surface area contributed by atoms with Crippen molar-refractivity contribution in [2.45, 2.75) is 52.6 Å². The molecular weight excluding hydrogens is 418 g/mol. The molecule has 1 unspecified atom stereocenters. The van der Waals surface area contributed by atoms with Gasteiger partial charge in [-0.25, -0.2) is 0 Å². The summed E-state index contributed by atoms with van der Waals surface area (Å²) >= 11 is 3.47. The van der Waals surface area contributed by atoms with Gasteiger partial charge in [0.2, 0.25) is 5.95 Å². The van der Waals surface area contributed by atoms with E-state index < -0.39 is 0 Å². The molecule has 0 bridgehead atoms. The number of hydrogen-bond acceptors (Lipinski definition) is 6. The monoisotopic (exact) mass is 445 g/mol. The summed E-state index contributed by atoms with van der Waals surface area (Å²) in [4.78, 5) is 4.86. The standard InChI is InChI=1S/C20H28BrN7/c1-11(2)16-18-17(27-26-16)19(24-15-8-6-14(21)7-9-15)25-20(23-10-13(5)22)28(18)12(3)4/h6-9,11-13,24H,10,22H2,1-5H3,(H,23,25). The molecule has 0 aromatic heterocycles. The highest BCUT2D eigenvalue weighted by Gasteiger charge is 2.28. The third-order valence-corrected chi connectivity index (χ3v) is 4.92. The normalized spacial score (nSPS) is 12.8. The highest BCUT2D eigenvalue weighted by Crippen LogP contribution is 2.38. The molecule has 0 radical (unpaired) electrons. The van der Waals surface area contributed by atoms with Crippen molar-refractivity contribution in [1.29, 1.82) is 0 Å². The molecule has 2 heterocycles. The minimum Gasteiger partial charge on any atom is -0.354 e. The Morgan fingerprint density at radius 2 is 1.75 bits per heavy atom. The van der Waals surface area contributed by atoms with Crippen LogP contribution in [0.2, 0.25) is 0 Å². The largest absolute Gasteiger partial charge is 0.354 e. The van der Waals surface area contributed by atoms with Gasteiger partial charge in [0.05, 0.1) is 11.4 Å². The lowest BCUT2D eigenvalue weighted by molar-refractivity contribution is 0.591. The number of nitrogens with two attached hydrogens (primary N) is 1. The SMILES string of the molecule is CC(N)CNc1nc(Nc2ccc(Br)cc2)c2nnc(C(C)C)c-2n1C(C)C. The Bertz CT molecular complexity index is 900. The van der Waals surface area contributed by atoms with Crippen LogP contribution in [0.4, 0.5) is 17.5 Å². The van der Waals surface area contributed by atoms with E-state index in [1.807, 2.05) is 31.2 Å². The predicted octanol–water partition coefficient (Wildman–Crippen LogP) is 4.75. The van der Waals surface area contributed by atoms with Gasteiger partial charge in [0.15, 0.2) is 11.5 Å². The van der Waals surface area contributed by atoms with Crippen LogP contribution in [0.3, 0.4) is 0 Å². The number of benzene rings is 1. The van der Waals surface area contributed by atoms with Gasteiger partial charge in [0.25, 0.3) is 0 Å². The Morgan fingerprint density at radius 1 is 1.07 bits per heavy atom. The van der Waals surface area contributed by atoms with Gasteiger partial charge < -0.3 is 20.9 Å². The number of halogens is 1. The highest BCUT2D eigenvalue weighted by molar-refractivity contribution is 9.10. The lowest BCUT2D eigenvalue weighted by atomic mass is 10.1. The van der Waals surface area contributed by atoms with Crippen LogP contribution in [0, 0.1) is 0 Å². The third kappa shape index (κ3) is 4.28. The first kappa shape index (κ1) is 20.5. The van der Waals surface area contributed by atoms with E-state index in [2.05, 4.69) is 69.0 Å². The smallest absolute Gasteiger partial charge is 0.205 e. The van der Waals surface area contributed by atoms with Gasteiger partial charge in [-0.1, -0.05) is 29.8 Å². The van der Waals surface area contributed by atoms with E-state index in [9.17, 15) is 0 Å². The average Bonchev–Trinajstić information content (AvgIpc) is 3.06. The number of hydrogen-bond donors (Lipinski definition) is 3. The van der Waals surface area contributed by atoms with E-state index in [0.29, 0.717) is 12.4 Å². The van der Waals surface area contributed by atoms with E-state index in [1.165, 1.54) is 0 Å². The lowest BCUT2D eigenvalue weighted by Gasteiger charge is -2.25. The van der Waals surface area contributed by atoms with Gasteiger partial charge in [0.1, 0.15) is 0 Å². The van der Waals surface area contributed by atoms with E-state index in [1.54, 1.807) is 0 Å². The fourth-order valence-electron chi connectivity index (χ4n) is 3.06. The minimum atomic E-state index is 0.0153. The molecular formula is C20H28BrN7. The van der Waals surface area contributed by atoms with Crippen molar-refractivity contribution >= 4 is 33.4 Å². The van der Waals surface area contributed by atoms with Crippen LogP contribution in [0.5, 0.6) is 0 Å². The summed E-state index contributed by atoms with van der Waals surface area (Å²) in [5, 5.41) is 15.8. The molecule has 2 aliphatic heterocycles. The van der Waals surface area contributed by atoms with E-state index in [-0.39, 0.29) is 18.0 Å². The molecule has 2 aliphatic rings. The predicted molar refractivity (Wildman–Crippen MR) is 118 cm³/mol. The summed E-state index contributed by atoms with van der Waals surface area (Å²) in [5.41, 5.74) is 9.65. The summed E-state index contributed by atoms with van der Waals surface area (Å²) in [5.74, 6) is 1.69. The van der Waals surface area contributed by atoms with Crippen molar-refractivity contribution in [3.8, 4) is 11.4 Å². The molecule has 7 nitrogen and oxygen atoms in total. The molecule has 4 N–H and O–H groups in total. The highest BCUT2D eigenvalue weighted by atomic mass is 79.9. The Hall–Kier alpha value is -2.19. The molecule has 150 valence electrons. The molecule has 0 aliphatic carbocycles. The topological polar surface area (TPSA) is 93.7 Å². The second-order valence-electron chi connectivity index (χ2n) is 7.67. The molecule has 0 saturated heterocycles. The Balaban J connectivity index is 2.16. The molecule has 28 heavy (non-hydrogen) atoms. The summed E-state index contributed by atoms with van der Waals surface area (Å²) in [6, 6.07) is 8.17. The molecule has 0 amide bonds. The fourth-order valence-corrected chi connectivity index (χ4v) is 3.33. The van der Waals surface area contributed by atoms with E-state index >= 15 is 0 Å². The van der Waals surface area contributed by atoms with Gasteiger partial charge in [-0.05, 0) is 51.0 Å². The summed E-state index contributed by atoms with van der Waals surface area (Å²) in [7, 11) is 0. The van der Waals surface area contributed by atoms with Gasteiger partial charge >= 0.3 is 0 Å². The average molecular weight is 446 g/mol. The fraction of sp³-hybridized carbons (Fsp3) is 0.450. The first-order chi connectivity index (χ1) is 13.3. The summed E-state index contributed by atoms with van der Waals surface area (Å²) in [6.07, 6.45) is 0. The van der Waals surface area contributed by atoms with Gasteiger partial charge in [0, 0.05) is 28.8 Å². The number of nitrogens with zero attached hydrogens (tertiary/aromatic N) is 4. The molecule has 0 fully saturated rings. The zero-order chi connectivity index (χ0) is 20.4. The Kier molecular flexibility index (Phi) is 6.20. The van der Waals surface area contributed by atoms with Crippen LogP contribution in [0.1, 0.15) is 52.3 Å². The molecule has 0 spiro atoms. The van der Waals surface area contributed by atoms with Crippen molar-refractivity contribution < 1.29 is 0 Å². The molecule has 1 aromatic carbocycles. The Morgan fingerprint density at radius 3 is 2.32 bits per heavy atom. The van der Waals surface area contributed by atoms with Crippen LogP contribution >= 0.6 is 15.9 Å². The maximum absolute atomic E-state index is 5.97. The van der Waals surface area contributed by atoms with Crippen molar-refractivity contribution in [3.05, 3.63) is 34.4 Å². The van der Waals surface area contributed by atoms with Gasteiger partial charge in [-0.2, -0.15) is 10.1 Å². The van der Waals surface area contributed by atoms with E-state index in [4.69, 9.17) is 10.7 Å². The van der Waals surface area contributed by atoms with Gasteiger partial charge in [-0.3, -0.25) is 0 Å². The quantitative estimate of drug-likeness (QED) is 0.485. The van der Waals surface area contributed by atoms with Crippen LogP contribution in [-0.4, -0.2) is 32.3 Å². The molecule has 1 atom stereocenters. The second kappa shape index (κ2) is 8.45. The number of nitrogens with one attached hydrogen (secondary N) is 2. The Labute approximate surface area is 174 Å². The minimum absolute atomic E-state index is 0.0153. The van der Waals surface area contributed by atoms with Crippen LogP contribution in [0.25, 0.3) is 11.4 Å². The first-order valence-corrected chi connectivity index (χ1v) is 10.4. The van der Waals surface area contributed by atoms with Crippen LogP contribution < -0.4 is 16.4 Å². The maximum atomic E-state index is 5.97. The van der Waals surface area contributed by atoms with Crippen molar-refractivity contribution in [2.24, 2.45) is 5.73 Å². The number of anilines is 3. The number of rotatable bonds is 7. The van der Waals surface area contributed by atoms with Crippen molar-refractivity contribution in [2.75, 3.05) is 17.2 Å². The molecule has 3 rings (SSSR count). The number of fused-ring (bicyclic) bond motifs is 1. The second-order valence-corrected chi connectivity index (χ2v) is 8.59. The summed E-state index contributed by atoms with van der Waals surface area (Å²) in [6.45, 7) is 11.1. The van der Waals surface area contributed by atoms with Crippen molar-refractivity contribution in [1.82, 2.24) is 19.7 Å². The van der Waals surface area contributed by atoms with Gasteiger partial charge in [-0.15, -0.1) is 5.10 Å². The third-order valence-electron chi connectivity index (χ3n) is 4.39. The van der Waals surface area contributed by atoms with Crippen LogP contribution in [-0.2, 0) is 0 Å². The summed E-state index contributed by atoms with van der Waals surface area (Å²) < 4.78 is 3.19. The van der Waals surface area contributed by atoms with Crippen molar-refractivity contribution in [3.63, 3.8) is 0 Å². The maximum Gasteiger partial charge on any atom is 0.205 e.